The molecule has 0 atom stereocenters. The Balaban J connectivity index is 1.45. The monoisotopic (exact) mass is 426 g/mol. The van der Waals surface area contributed by atoms with Crippen LogP contribution in [0.5, 0.6) is 0 Å². The molecule has 0 radical (unpaired) electrons. The number of para-hydroxylation sites is 1. The zero-order chi connectivity index (χ0) is 22.5. The average molecular weight is 427 g/mol. The van der Waals surface area contributed by atoms with E-state index in [2.05, 4.69) is 5.32 Å². The van der Waals surface area contributed by atoms with Crippen molar-refractivity contribution in [2.75, 3.05) is 51.6 Å². The van der Waals surface area contributed by atoms with Crippen LogP contribution in [0.1, 0.15) is 27.4 Å². The van der Waals surface area contributed by atoms with Gasteiger partial charge in [-0.15, -0.1) is 0 Å². The van der Waals surface area contributed by atoms with Gasteiger partial charge in [-0.1, -0.05) is 18.2 Å². The van der Waals surface area contributed by atoms with E-state index in [0.29, 0.717) is 37.7 Å². The number of nitrogens with one attached hydrogen (secondary N) is 1. The number of hydrogen-bond donors (Lipinski definition) is 1. The minimum Gasteiger partial charge on any atom is -0.456 e. The van der Waals surface area contributed by atoms with Crippen molar-refractivity contribution in [3.8, 4) is 0 Å². The molecule has 3 rings (SSSR count). The normalized spacial score (nSPS) is 14.4. The molecule has 2 aromatic rings. The van der Waals surface area contributed by atoms with Crippen LogP contribution in [-0.4, -0.2) is 78.7 Å². The van der Waals surface area contributed by atoms with Crippen molar-refractivity contribution in [2.45, 2.75) is 20.8 Å². The number of rotatable bonds is 6. The van der Waals surface area contributed by atoms with Crippen molar-refractivity contribution in [1.29, 1.82) is 0 Å². The highest BCUT2D eigenvalue weighted by atomic mass is 16.3. The van der Waals surface area contributed by atoms with E-state index in [0.717, 1.165) is 16.8 Å². The van der Waals surface area contributed by atoms with E-state index < -0.39 is 0 Å². The van der Waals surface area contributed by atoms with E-state index in [4.69, 9.17) is 4.42 Å². The largest absolute Gasteiger partial charge is 0.456 e. The molecular formula is C23H30N4O4. The zero-order valence-corrected chi connectivity index (χ0v) is 18.6. The van der Waals surface area contributed by atoms with Crippen LogP contribution in [0.3, 0.4) is 0 Å². The van der Waals surface area contributed by atoms with E-state index in [1.165, 1.54) is 4.90 Å². The first-order valence-electron chi connectivity index (χ1n) is 10.4. The van der Waals surface area contributed by atoms with E-state index in [1.54, 1.807) is 31.0 Å². The van der Waals surface area contributed by atoms with E-state index in [9.17, 15) is 14.4 Å². The summed E-state index contributed by atoms with van der Waals surface area (Å²) in [4.78, 5) is 42.6. The van der Waals surface area contributed by atoms with Crippen LogP contribution in [0.15, 0.2) is 34.7 Å². The zero-order valence-electron chi connectivity index (χ0n) is 18.6. The summed E-state index contributed by atoms with van der Waals surface area (Å²) in [6.45, 7) is 8.14. The lowest BCUT2D eigenvalue weighted by Gasteiger charge is -2.34. The fraction of sp³-hybridized carbons (Fsp3) is 0.435. The lowest BCUT2D eigenvalue weighted by molar-refractivity contribution is -0.134. The summed E-state index contributed by atoms with van der Waals surface area (Å²) in [7, 11) is 1.63. The molecule has 1 aliphatic rings. The van der Waals surface area contributed by atoms with E-state index in [-0.39, 0.29) is 30.8 Å². The lowest BCUT2D eigenvalue weighted by atomic mass is 10.1. The SMILES string of the molecule is Cc1ccc(C(=O)N2CCN(CC(=O)N(C)CC(=O)Nc3c(C)cccc3C)CC2)o1. The molecule has 1 saturated heterocycles. The van der Waals surface area contributed by atoms with Gasteiger partial charge < -0.3 is 19.5 Å². The second-order valence-electron chi connectivity index (χ2n) is 8.04. The maximum atomic E-state index is 12.6. The Morgan fingerprint density at radius 2 is 1.65 bits per heavy atom. The molecule has 8 heteroatoms. The quantitative estimate of drug-likeness (QED) is 0.764. The fourth-order valence-corrected chi connectivity index (χ4v) is 3.62. The van der Waals surface area contributed by atoms with Crippen LogP contribution in [0, 0.1) is 20.8 Å². The van der Waals surface area contributed by atoms with Gasteiger partial charge in [-0.2, -0.15) is 0 Å². The van der Waals surface area contributed by atoms with Gasteiger partial charge in [0.2, 0.25) is 11.8 Å². The molecule has 1 N–H and O–H groups in total. The fourth-order valence-electron chi connectivity index (χ4n) is 3.62. The smallest absolute Gasteiger partial charge is 0.289 e. The molecule has 3 amide bonds. The number of aryl methyl sites for hydroxylation is 3. The average Bonchev–Trinajstić information content (AvgIpc) is 3.17. The number of anilines is 1. The predicted molar refractivity (Wildman–Crippen MR) is 118 cm³/mol. The van der Waals surface area contributed by atoms with Gasteiger partial charge in [0, 0.05) is 38.9 Å². The van der Waals surface area contributed by atoms with Gasteiger partial charge in [0.1, 0.15) is 5.76 Å². The molecule has 0 aliphatic carbocycles. The van der Waals surface area contributed by atoms with Crippen molar-refractivity contribution in [1.82, 2.24) is 14.7 Å². The minimum absolute atomic E-state index is 0.0110. The van der Waals surface area contributed by atoms with Crippen LogP contribution in [0.25, 0.3) is 0 Å². The van der Waals surface area contributed by atoms with Crippen molar-refractivity contribution in [3.63, 3.8) is 0 Å². The number of amides is 3. The Hall–Kier alpha value is -3.13. The summed E-state index contributed by atoms with van der Waals surface area (Å²) in [5, 5.41) is 2.90. The van der Waals surface area contributed by atoms with Gasteiger partial charge in [-0.05, 0) is 44.0 Å². The molecule has 1 fully saturated rings. The molecular weight excluding hydrogens is 396 g/mol. The van der Waals surface area contributed by atoms with Gasteiger partial charge in [-0.3, -0.25) is 19.3 Å². The predicted octanol–water partition coefficient (Wildman–Crippen LogP) is 2.06. The topological polar surface area (TPSA) is 86.1 Å². The summed E-state index contributed by atoms with van der Waals surface area (Å²) in [5.41, 5.74) is 2.76. The molecule has 166 valence electrons. The maximum Gasteiger partial charge on any atom is 0.289 e. The van der Waals surface area contributed by atoms with Crippen molar-refractivity contribution in [3.05, 3.63) is 53.0 Å². The van der Waals surface area contributed by atoms with Crippen molar-refractivity contribution < 1.29 is 18.8 Å². The Morgan fingerprint density at radius 3 is 2.23 bits per heavy atom. The van der Waals surface area contributed by atoms with E-state index >= 15 is 0 Å². The highest BCUT2D eigenvalue weighted by Crippen LogP contribution is 2.19. The third kappa shape index (κ3) is 5.73. The molecule has 31 heavy (non-hydrogen) atoms. The number of benzene rings is 1. The van der Waals surface area contributed by atoms with Crippen molar-refractivity contribution in [2.24, 2.45) is 0 Å². The van der Waals surface area contributed by atoms with Crippen LogP contribution in [0.4, 0.5) is 5.69 Å². The highest BCUT2D eigenvalue weighted by molar-refractivity contribution is 5.96. The van der Waals surface area contributed by atoms with Crippen LogP contribution in [-0.2, 0) is 9.59 Å². The summed E-state index contributed by atoms with van der Waals surface area (Å²) < 4.78 is 5.41. The Labute approximate surface area is 182 Å². The van der Waals surface area contributed by atoms with Gasteiger partial charge in [0.25, 0.3) is 5.91 Å². The highest BCUT2D eigenvalue weighted by Gasteiger charge is 2.26. The Morgan fingerprint density at radius 1 is 1.00 bits per heavy atom. The van der Waals surface area contributed by atoms with Crippen LogP contribution in [0.2, 0.25) is 0 Å². The van der Waals surface area contributed by atoms with Gasteiger partial charge >= 0.3 is 0 Å². The van der Waals surface area contributed by atoms with Gasteiger partial charge in [-0.25, -0.2) is 0 Å². The number of hydrogen-bond acceptors (Lipinski definition) is 5. The second-order valence-corrected chi connectivity index (χ2v) is 8.04. The van der Waals surface area contributed by atoms with E-state index in [1.807, 2.05) is 36.9 Å². The number of carbonyl (C=O) groups is 3. The summed E-state index contributed by atoms with van der Waals surface area (Å²) in [6, 6.07) is 9.28. The third-order valence-electron chi connectivity index (χ3n) is 5.52. The number of likely N-dealkylation sites (N-methyl/N-ethyl adjacent to an activating group) is 1. The maximum absolute atomic E-state index is 12.6. The molecule has 8 nitrogen and oxygen atoms in total. The van der Waals surface area contributed by atoms with Crippen LogP contribution < -0.4 is 5.32 Å². The first-order valence-corrected chi connectivity index (χ1v) is 10.4. The molecule has 1 aliphatic heterocycles. The molecule has 1 aromatic heterocycles. The summed E-state index contributed by atoms with van der Waals surface area (Å²) in [6.07, 6.45) is 0. The molecule has 0 saturated carbocycles. The Kier molecular flexibility index (Phi) is 7.12. The van der Waals surface area contributed by atoms with Crippen molar-refractivity contribution >= 4 is 23.4 Å². The standard InChI is InChI=1S/C23H30N4O4/c1-16-6-5-7-17(2)22(16)24-20(28)14-25(4)21(29)15-26-10-12-27(13-11-26)23(30)19-9-8-18(3)31-19/h5-9H,10-15H2,1-4H3,(H,24,28). The van der Waals surface area contributed by atoms with Gasteiger partial charge in [0.05, 0.1) is 13.1 Å². The van der Waals surface area contributed by atoms with Crippen LogP contribution >= 0.6 is 0 Å². The number of nitrogens with zero attached hydrogens (tertiary/aromatic N) is 3. The lowest BCUT2D eigenvalue weighted by Crippen LogP contribution is -2.51. The molecule has 0 bridgehead atoms. The first-order chi connectivity index (χ1) is 14.7. The number of carbonyl (C=O) groups excluding carboxylic acids is 3. The molecule has 2 heterocycles. The minimum atomic E-state index is -0.225. The number of piperazine rings is 1. The molecule has 1 aromatic carbocycles. The molecule has 0 unspecified atom stereocenters. The first kappa shape index (κ1) is 22.6. The molecule has 0 spiro atoms. The third-order valence-corrected chi connectivity index (χ3v) is 5.52. The number of furan rings is 1. The summed E-state index contributed by atoms with van der Waals surface area (Å²) >= 11 is 0. The summed E-state index contributed by atoms with van der Waals surface area (Å²) in [5.74, 6) is 0.573. The second kappa shape index (κ2) is 9.78. The van der Waals surface area contributed by atoms with Gasteiger partial charge in [0.15, 0.2) is 5.76 Å². The Bertz CT molecular complexity index is 940.